The van der Waals surface area contributed by atoms with E-state index in [1.165, 1.54) is 0 Å². The molecule has 0 spiro atoms. The smallest absolute Gasteiger partial charge is 0.0728 e. The number of hydrogen-bond donors (Lipinski definition) is 2. The fraction of sp³-hybridized carbons (Fsp3) is 1.00. The van der Waals surface area contributed by atoms with Crippen LogP contribution in [0.15, 0.2) is 0 Å². The van der Waals surface area contributed by atoms with Crippen LogP contribution in [0.3, 0.4) is 0 Å². The Balaban J connectivity index is 2.22. The highest BCUT2D eigenvalue weighted by Crippen LogP contribution is 2.11. The van der Waals surface area contributed by atoms with Crippen LogP contribution in [0.25, 0.3) is 0 Å². The third-order valence-electron chi connectivity index (χ3n) is 1.54. The van der Waals surface area contributed by atoms with Gasteiger partial charge in [-0.25, -0.2) is 0 Å². The summed E-state index contributed by atoms with van der Waals surface area (Å²) < 4.78 is 0. The van der Waals surface area contributed by atoms with Gasteiger partial charge in [0, 0.05) is 12.6 Å². The van der Waals surface area contributed by atoms with Crippen molar-refractivity contribution in [2.75, 3.05) is 6.54 Å². The molecule has 1 fully saturated rings. The fourth-order valence-corrected chi connectivity index (χ4v) is 0.774. The lowest BCUT2D eigenvalue weighted by atomic mass is 10.1. The van der Waals surface area contributed by atoms with E-state index >= 15 is 0 Å². The van der Waals surface area contributed by atoms with E-state index in [4.69, 9.17) is 0 Å². The Bertz CT molecular complexity index is 76.6. The number of rotatable bonds is 2. The molecule has 1 rings (SSSR count). The van der Waals surface area contributed by atoms with Gasteiger partial charge in [0.25, 0.3) is 0 Å². The lowest BCUT2D eigenvalue weighted by Gasteiger charge is -2.10. The monoisotopic (exact) mass is 115 g/mol. The molecule has 0 aromatic carbocycles. The Kier molecular flexibility index (Phi) is 1.54. The van der Waals surface area contributed by atoms with E-state index in [0.29, 0.717) is 12.0 Å². The minimum absolute atomic E-state index is 0.130. The van der Waals surface area contributed by atoms with Crippen LogP contribution in [0, 0.1) is 5.92 Å². The average molecular weight is 115 g/mol. The Labute approximate surface area is 49.9 Å². The normalized spacial score (nSPS) is 30.8. The molecular formula is C6H13NO. The number of hydrogen-bond acceptors (Lipinski definition) is 2. The molecule has 2 heteroatoms. The van der Waals surface area contributed by atoms with Crippen molar-refractivity contribution in [1.29, 1.82) is 0 Å². The van der Waals surface area contributed by atoms with Gasteiger partial charge in [-0.3, -0.25) is 0 Å². The summed E-state index contributed by atoms with van der Waals surface area (Å²) in [6.45, 7) is 5.06. The summed E-state index contributed by atoms with van der Waals surface area (Å²) in [5, 5.41) is 12.3. The number of aliphatic hydroxyl groups excluding tert-OH is 1. The van der Waals surface area contributed by atoms with Gasteiger partial charge in [-0.15, -0.1) is 0 Å². The van der Waals surface area contributed by atoms with Gasteiger partial charge in [0.05, 0.1) is 6.10 Å². The van der Waals surface area contributed by atoms with Gasteiger partial charge in [-0.1, -0.05) is 13.8 Å². The van der Waals surface area contributed by atoms with Crippen molar-refractivity contribution in [1.82, 2.24) is 5.32 Å². The van der Waals surface area contributed by atoms with Gasteiger partial charge in [0.2, 0.25) is 0 Å². The molecule has 0 bridgehead atoms. The van der Waals surface area contributed by atoms with Crippen molar-refractivity contribution in [3.05, 3.63) is 0 Å². The van der Waals surface area contributed by atoms with Gasteiger partial charge in [-0.2, -0.15) is 0 Å². The van der Waals surface area contributed by atoms with Gasteiger partial charge in [0.1, 0.15) is 0 Å². The van der Waals surface area contributed by atoms with E-state index < -0.39 is 0 Å². The van der Waals surface area contributed by atoms with E-state index in [0.717, 1.165) is 6.54 Å². The summed E-state index contributed by atoms with van der Waals surface area (Å²) in [6.07, 6.45) is -0.130. The van der Waals surface area contributed by atoms with Crippen molar-refractivity contribution >= 4 is 0 Å². The Morgan fingerprint density at radius 1 is 1.62 bits per heavy atom. The molecule has 0 aromatic heterocycles. The standard InChI is InChI=1S/C6H13NO/c1-4(2)6(8)5-3-7-5/h4-8H,3H2,1-2H3. The summed E-state index contributed by atoms with van der Waals surface area (Å²) in [7, 11) is 0. The van der Waals surface area contributed by atoms with Crippen LogP contribution in [-0.4, -0.2) is 23.8 Å². The highest BCUT2D eigenvalue weighted by Gasteiger charge is 2.30. The van der Waals surface area contributed by atoms with Crippen LogP contribution in [0.1, 0.15) is 13.8 Å². The lowest BCUT2D eigenvalue weighted by Crippen LogP contribution is -2.23. The van der Waals surface area contributed by atoms with Crippen LogP contribution in [0.4, 0.5) is 0 Å². The number of nitrogens with one attached hydrogen (secondary N) is 1. The average Bonchev–Trinajstić information content (AvgIpc) is 2.43. The van der Waals surface area contributed by atoms with E-state index in [2.05, 4.69) is 5.32 Å². The maximum Gasteiger partial charge on any atom is 0.0728 e. The first-order chi connectivity index (χ1) is 3.72. The van der Waals surface area contributed by atoms with Crippen LogP contribution in [0.2, 0.25) is 0 Å². The number of aliphatic hydroxyl groups is 1. The predicted molar refractivity (Wildman–Crippen MR) is 32.6 cm³/mol. The molecule has 0 amide bonds. The molecule has 1 heterocycles. The quantitative estimate of drug-likeness (QED) is 0.496. The molecule has 48 valence electrons. The second-order valence-electron chi connectivity index (χ2n) is 2.75. The van der Waals surface area contributed by atoms with Crippen molar-refractivity contribution in [2.24, 2.45) is 5.92 Å². The molecule has 2 atom stereocenters. The summed E-state index contributed by atoms with van der Waals surface area (Å²) in [4.78, 5) is 0. The molecule has 1 saturated heterocycles. The molecule has 8 heavy (non-hydrogen) atoms. The van der Waals surface area contributed by atoms with E-state index in [-0.39, 0.29) is 6.10 Å². The SMILES string of the molecule is CC(C)C(O)C1CN1. The molecule has 0 aliphatic carbocycles. The maximum atomic E-state index is 9.20. The first-order valence-corrected chi connectivity index (χ1v) is 3.13. The zero-order chi connectivity index (χ0) is 6.15. The third kappa shape index (κ3) is 1.20. The topological polar surface area (TPSA) is 42.2 Å². The zero-order valence-electron chi connectivity index (χ0n) is 5.39. The summed E-state index contributed by atoms with van der Waals surface area (Å²) >= 11 is 0. The molecule has 2 unspecified atom stereocenters. The summed E-state index contributed by atoms with van der Waals surface area (Å²) in [5.74, 6) is 0.398. The Hall–Kier alpha value is -0.0800. The molecule has 0 aromatic rings. The van der Waals surface area contributed by atoms with Crippen molar-refractivity contribution in [3.8, 4) is 0 Å². The lowest BCUT2D eigenvalue weighted by molar-refractivity contribution is 0.124. The van der Waals surface area contributed by atoms with Crippen LogP contribution in [-0.2, 0) is 0 Å². The largest absolute Gasteiger partial charge is 0.391 e. The molecule has 0 radical (unpaired) electrons. The molecular weight excluding hydrogens is 102 g/mol. The zero-order valence-corrected chi connectivity index (χ0v) is 5.39. The first kappa shape index (κ1) is 6.05. The molecule has 1 aliphatic rings. The second kappa shape index (κ2) is 2.03. The Morgan fingerprint density at radius 3 is 2.25 bits per heavy atom. The van der Waals surface area contributed by atoms with Gasteiger partial charge in [-0.05, 0) is 5.92 Å². The predicted octanol–water partition coefficient (Wildman–Crippen LogP) is -0.0249. The van der Waals surface area contributed by atoms with Gasteiger partial charge < -0.3 is 10.4 Å². The van der Waals surface area contributed by atoms with Crippen molar-refractivity contribution in [2.45, 2.75) is 26.0 Å². The van der Waals surface area contributed by atoms with Crippen LogP contribution >= 0.6 is 0 Å². The van der Waals surface area contributed by atoms with Crippen LogP contribution in [0.5, 0.6) is 0 Å². The summed E-state index contributed by atoms with van der Waals surface area (Å²) in [6, 6.07) is 0.398. The molecule has 0 saturated carbocycles. The van der Waals surface area contributed by atoms with Gasteiger partial charge in [0.15, 0.2) is 0 Å². The van der Waals surface area contributed by atoms with Gasteiger partial charge >= 0.3 is 0 Å². The van der Waals surface area contributed by atoms with E-state index in [1.54, 1.807) is 0 Å². The van der Waals surface area contributed by atoms with Crippen LogP contribution < -0.4 is 5.32 Å². The van der Waals surface area contributed by atoms with E-state index in [9.17, 15) is 5.11 Å². The highest BCUT2D eigenvalue weighted by molar-refractivity contribution is 4.91. The fourth-order valence-electron chi connectivity index (χ4n) is 0.774. The molecule has 1 aliphatic heterocycles. The molecule has 2 N–H and O–H groups in total. The van der Waals surface area contributed by atoms with E-state index in [1.807, 2.05) is 13.8 Å². The highest BCUT2D eigenvalue weighted by atomic mass is 16.3. The first-order valence-electron chi connectivity index (χ1n) is 3.13. The Morgan fingerprint density at radius 2 is 2.12 bits per heavy atom. The van der Waals surface area contributed by atoms with Crippen molar-refractivity contribution in [3.63, 3.8) is 0 Å². The minimum Gasteiger partial charge on any atom is -0.391 e. The minimum atomic E-state index is -0.130. The maximum absolute atomic E-state index is 9.20. The van der Waals surface area contributed by atoms with Crippen molar-refractivity contribution < 1.29 is 5.11 Å². The second-order valence-corrected chi connectivity index (χ2v) is 2.75. The molecule has 2 nitrogen and oxygen atoms in total. The summed E-state index contributed by atoms with van der Waals surface area (Å²) in [5.41, 5.74) is 0. The third-order valence-corrected chi connectivity index (χ3v) is 1.54.